The summed E-state index contributed by atoms with van der Waals surface area (Å²) in [5, 5.41) is 3.27. The van der Waals surface area contributed by atoms with Gasteiger partial charge in [0.2, 0.25) is 11.8 Å². The van der Waals surface area contributed by atoms with Crippen LogP contribution in [0.2, 0.25) is 10.0 Å². The fourth-order valence-corrected chi connectivity index (χ4v) is 6.85. The van der Waals surface area contributed by atoms with E-state index >= 15 is 0 Å². The highest BCUT2D eigenvalue weighted by atomic mass is 35.5. The smallest absolute Gasteiger partial charge is 0.264 e. The van der Waals surface area contributed by atoms with Gasteiger partial charge >= 0.3 is 0 Å². The summed E-state index contributed by atoms with van der Waals surface area (Å²) in [6.07, 6.45) is 0.160. The molecule has 4 rings (SSSR count). The first kappa shape index (κ1) is 33.8. The Morgan fingerprint density at radius 2 is 1.49 bits per heavy atom. The van der Waals surface area contributed by atoms with Crippen molar-refractivity contribution in [3.8, 4) is 5.75 Å². The van der Waals surface area contributed by atoms with Gasteiger partial charge in [-0.05, 0) is 61.4 Å². The van der Waals surface area contributed by atoms with Gasteiger partial charge in [0, 0.05) is 35.6 Å². The lowest BCUT2D eigenvalue weighted by atomic mass is 10.0. The highest BCUT2D eigenvalue weighted by Gasteiger charge is 2.36. The second kappa shape index (κ2) is 14.8. The number of nitrogens with zero attached hydrogens (tertiary/aromatic N) is 2. The Labute approximate surface area is 274 Å². The van der Waals surface area contributed by atoms with Gasteiger partial charge in [0.1, 0.15) is 18.3 Å². The first-order chi connectivity index (χ1) is 21.5. The molecule has 0 unspecified atom stereocenters. The number of carbonyl (C=O) groups excluding carboxylic acids is 2. The predicted octanol–water partition coefficient (Wildman–Crippen LogP) is 6.20. The molecule has 45 heavy (non-hydrogen) atoms. The van der Waals surface area contributed by atoms with E-state index in [2.05, 4.69) is 5.32 Å². The molecule has 0 radical (unpaired) electrons. The molecule has 0 aliphatic carbocycles. The number of ether oxygens (including phenoxy) is 1. The Balaban J connectivity index is 1.87. The highest BCUT2D eigenvalue weighted by Crippen LogP contribution is 2.34. The van der Waals surface area contributed by atoms with Crippen LogP contribution in [0.1, 0.15) is 22.3 Å². The normalized spacial score (nSPS) is 11.9. The molecule has 0 aliphatic rings. The molecule has 0 heterocycles. The van der Waals surface area contributed by atoms with E-state index in [9.17, 15) is 18.0 Å². The van der Waals surface area contributed by atoms with Crippen LogP contribution in [0.4, 0.5) is 5.69 Å². The number of sulfonamides is 1. The molecular formula is C34H35Cl2N3O5S. The molecule has 11 heteroatoms. The van der Waals surface area contributed by atoms with Crippen LogP contribution in [0.25, 0.3) is 0 Å². The van der Waals surface area contributed by atoms with Crippen LogP contribution in [0.15, 0.2) is 95.9 Å². The van der Waals surface area contributed by atoms with Gasteiger partial charge in [-0.3, -0.25) is 13.9 Å². The number of rotatable bonds is 12. The number of likely N-dealkylation sites (N-methyl/N-ethyl adjacent to an activating group) is 1. The molecule has 0 bridgehead atoms. The van der Waals surface area contributed by atoms with Crippen LogP contribution in [-0.4, -0.2) is 51.9 Å². The van der Waals surface area contributed by atoms with Crippen molar-refractivity contribution in [2.24, 2.45) is 0 Å². The third-order valence-corrected chi connectivity index (χ3v) is 9.88. The van der Waals surface area contributed by atoms with Crippen molar-refractivity contribution < 1.29 is 22.7 Å². The second-order valence-corrected chi connectivity index (χ2v) is 13.2. The molecular weight excluding hydrogens is 633 g/mol. The Morgan fingerprint density at radius 1 is 0.867 bits per heavy atom. The van der Waals surface area contributed by atoms with Gasteiger partial charge < -0.3 is 15.0 Å². The Kier molecular flexibility index (Phi) is 11.1. The molecule has 0 saturated carbocycles. The minimum absolute atomic E-state index is 0.00251. The van der Waals surface area contributed by atoms with E-state index in [1.54, 1.807) is 48.5 Å². The fraction of sp³-hybridized carbons (Fsp3) is 0.235. The molecule has 0 fully saturated rings. The van der Waals surface area contributed by atoms with Crippen LogP contribution in [0.3, 0.4) is 0 Å². The zero-order chi connectivity index (χ0) is 32.7. The zero-order valence-corrected chi connectivity index (χ0v) is 27.8. The summed E-state index contributed by atoms with van der Waals surface area (Å²) < 4.78 is 35.1. The van der Waals surface area contributed by atoms with Crippen molar-refractivity contribution in [3.63, 3.8) is 0 Å². The lowest BCUT2D eigenvalue weighted by Crippen LogP contribution is -2.53. The first-order valence-corrected chi connectivity index (χ1v) is 16.4. The lowest BCUT2D eigenvalue weighted by Gasteiger charge is -2.34. The third-order valence-electron chi connectivity index (χ3n) is 7.40. The van der Waals surface area contributed by atoms with Gasteiger partial charge in [0.25, 0.3) is 10.0 Å². The van der Waals surface area contributed by atoms with E-state index < -0.39 is 34.4 Å². The Bertz CT molecular complexity index is 1750. The van der Waals surface area contributed by atoms with E-state index in [1.165, 1.54) is 31.2 Å². The largest absolute Gasteiger partial charge is 0.495 e. The standard InChI is InChI=1S/C34H35Cl2N3O5S/c1-23-13-16-26(17-14-23)45(42,43)39(30-19-24(2)15-18-32(30)44-4)22-33(40)38(21-27-28(35)11-8-12-29(27)36)31(34(41)37-3)20-25-9-6-5-7-10-25/h5-19,31H,20-22H2,1-4H3,(H,37,41)/t31-/m0/s1. The summed E-state index contributed by atoms with van der Waals surface area (Å²) in [4.78, 5) is 29.3. The number of halogens is 2. The Hall–Kier alpha value is -4.05. The quantitative estimate of drug-likeness (QED) is 0.194. The summed E-state index contributed by atoms with van der Waals surface area (Å²) in [5.41, 5.74) is 3.05. The number of hydrogen-bond donors (Lipinski definition) is 1. The number of anilines is 1. The maximum Gasteiger partial charge on any atom is 0.264 e. The van der Waals surface area contributed by atoms with Crippen molar-refractivity contribution in [2.45, 2.75) is 37.8 Å². The predicted molar refractivity (Wildman–Crippen MR) is 178 cm³/mol. The number of methoxy groups -OCH3 is 1. The van der Waals surface area contributed by atoms with Crippen LogP contribution in [0, 0.1) is 13.8 Å². The minimum Gasteiger partial charge on any atom is -0.495 e. The molecule has 8 nitrogen and oxygen atoms in total. The molecule has 0 aliphatic heterocycles. The van der Waals surface area contributed by atoms with Gasteiger partial charge in [0.05, 0.1) is 17.7 Å². The van der Waals surface area contributed by atoms with Gasteiger partial charge in [-0.25, -0.2) is 8.42 Å². The summed E-state index contributed by atoms with van der Waals surface area (Å²) in [7, 11) is -1.38. The maximum absolute atomic E-state index is 14.5. The van der Waals surface area contributed by atoms with E-state index in [0.29, 0.717) is 15.6 Å². The molecule has 1 atom stereocenters. The number of carbonyl (C=O) groups is 2. The molecule has 1 N–H and O–H groups in total. The number of amides is 2. The van der Waals surface area contributed by atoms with Crippen molar-refractivity contribution in [1.29, 1.82) is 0 Å². The number of nitrogens with one attached hydrogen (secondary N) is 1. The van der Waals surface area contributed by atoms with Gasteiger partial charge in [-0.2, -0.15) is 0 Å². The average molecular weight is 669 g/mol. The Morgan fingerprint density at radius 3 is 2.09 bits per heavy atom. The monoisotopic (exact) mass is 667 g/mol. The van der Waals surface area contributed by atoms with Crippen molar-refractivity contribution >= 4 is 50.7 Å². The number of hydrogen-bond acceptors (Lipinski definition) is 5. The van der Waals surface area contributed by atoms with E-state index in [4.69, 9.17) is 27.9 Å². The topological polar surface area (TPSA) is 96.0 Å². The van der Waals surface area contributed by atoms with E-state index in [0.717, 1.165) is 21.0 Å². The van der Waals surface area contributed by atoms with Crippen molar-refractivity contribution in [2.75, 3.05) is 25.0 Å². The van der Waals surface area contributed by atoms with Gasteiger partial charge in [-0.15, -0.1) is 0 Å². The minimum atomic E-state index is -4.30. The molecule has 4 aromatic rings. The van der Waals surface area contributed by atoms with Gasteiger partial charge in [0.15, 0.2) is 0 Å². The first-order valence-electron chi connectivity index (χ1n) is 14.2. The van der Waals surface area contributed by atoms with Gasteiger partial charge in [-0.1, -0.05) is 83.4 Å². The molecule has 0 aromatic heterocycles. The van der Waals surface area contributed by atoms with Crippen LogP contribution < -0.4 is 14.4 Å². The molecule has 0 saturated heterocycles. The molecule has 0 spiro atoms. The van der Waals surface area contributed by atoms with Crippen LogP contribution >= 0.6 is 23.2 Å². The van der Waals surface area contributed by atoms with Crippen molar-refractivity contribution in [1.82, 2.24) is 10.2 Å². The summed E-state index contributed by atoms with van der Waals surface area (Å²) in [6.45, 7) is 2.88. The molecule has 2 amide bonds. The fourth-order valence-electron chi connectivity index (χ4n) is 4.92. The van der Waals surface area contributed by atoms with E-state index in [1.807, 2.05) is 44.2 Å². The summed E-state index contributed by atoms with van der Waals surface area (Å²) in [5.74, 6) is -0.817. The average Bonchev–Trinajstić information content (AvgIpc) is 3.02. The summed E-state index contributed by atoms with van der Waals surface area (Å²) >= 11 is 13.1. The second-order valence-electron chi connectivity index (χ2n) is 10.5. The number of aryl methyl sites for hydroxylation is 2. The molecule has 236 valence electrons. The maximum atomic E-state index is 14.5. The van der Waals surface area contributed by atoms with Crippen LogP contribution in [0.5, 0.6) is 5.75 Å². The SMILES string of the molecule is CNC(=O)[C@H](Cc1ccccc1)N(Cc1c(Cl)cccc1Cl)C(=O)CN(c1cc(C)ccc1OC)S(=O)(=O)c1ccc(C)cc1. The summed E-state index contributed by atoms with van der Waals surface area (Å²) in [6, 6.07) is 24.6. The van der Waals surface area contributed by atoms with E-state index in [-0.39, 0.29) is 29.3 Å². The lowest BCUT2D eigenvalue weighted by molar-refractivity contribution is -0.139. The van der Waals surface area contributed by atoms with Crippen LogP contribution in [-0.2, 0) is 32.6 Å². The zero-order valence-electron chi connectivity index (χ0n) is 25.5. The number of benzene rings is 4. The third kappa shape index (κ3) is 7.97. The van der Waals surface area contributed by atoms with Crippen molar-refractivity contribution in [3.05, 3.63) is 123 Å². The molecule has 4 aromatic carbocycles. The highest BCUT2D eigenvalue weighted by molar-refractivity contribution is 7.92.